The van der Waals surface area contributed by atoms with E-state index in [0.29, 0.717) is 0 Å². The summed E-state index contributed by atoms with van der Waals surface area (Å²) in [4.78, 5) is 6.82. The van der Waals surface area contributed by atoms with E-state index in [1.54, 1.807) is 6.26 Å². The highest BCUT2D eigenvalue weighted by Gasteiger charge is 2.19. The molecule has 0 radical (unpaired) electrons. The average Bonchev–Trinajstić information content (AvgIpc) is 3.22. The van der Waals surface area contributed by atoms with Gasteiger partial charge in [0.25, 0.3) is 0 Å². The van der Waals surface area contributed by atoms with Gasteiger partial charge in [0.15, 0.2) is 0 Å². The number of hydrogen-bond acceptors (Lipinski definition) is 4. The van der Waals surface area contributed by atoms with Gasteiger partial charge in [-0.3, -0.25) is 9.88 Å². The van der Waals surface area contributed by atoms with Crippen LogP contribution < -0.4 is 5.32 Å². The highest BCUT2D eigenvalue weighted by molar-refractivity contribution is 5.16. The molecule has 0 unspecified atom stereocenters. The summed E-state index contributed by atoms with van der Waals surface area (Å²) in [7, 11) is 2.11. The predicted molar refractivity (Wildman–Crippen MR) is 82.7 cm³/mol. The predicted octanol–water partition coefficient (Wildman–Crippen LogP) is 2.87. The zero-order valence-electron chi connectivity index (χ0n) is 12.8. The number of rotatable bonds is 7. The molecule has 1 saturated carbocycles. The summed E-state index contributed by atoms with van der Waals surface area (Å²) in [5, 5.41) is 3.51. The van der Waals surface area contributed by atoms with Crippen LogP contribution >= 0.6 is 0 Å². The van der Waals surface area contributed by atoms with Crippen LogP contribution in [0, 0.1) is 6.92 Å². The summed E-state index contributed by atoms with van der Waals surface area (Å²) in [6.45, 7) is 4.67. The van der Waals surface area contributed by atoms with Crippen LogP contribution in [0.3, 0.4) is 0 Å². The van der Waals surface area contributed by atoms with Crippen molar-refractivity contribution < 1.29 is 4.42 Å². The summed E-state index contributed by atoms with van der Waals surface area (Å²) in [6.07, 6.45) is 6.38. The molecule has 1 aliphatic rings. The van der Waals surface area contributed by atoms with E-state index in [4.69, 9.17) is 4.42 Å². The standard InChI is InChI=1S/C17H23N3O/c1-13-15(7-8-21-13)11-20(2)12-17-4-3-14(10-19-17)9-18-16-5-6-16/h3-4,7-8,10,16,18H,5-6,9,11-12H2,1-2H3. The van der Waals surface area contributed by atoms with Gasteiger partial charge < -0.3 is 9.73 Å². The van der Waals surface area contributed by atoms with Crippen molar-refractivity contribution in [3.8, 4) is 0 Å². The fraction of sp³-hybridized carbons (Fsp3) is 0.471. The van der Waals surface area contributed by atoms with E-state index < -0.39 is 0 Å². The molecule has 1 aliphatic carbocycles. The summed E-state index contributed by atoms with van der Waals surface area (Å²) in [5.41, 5.74) is 3.61. The molecular formula is C17H23N3O. The lowest BCUT2D eigenvalue weighted by atomic mass is 10.2. The Morgan fingerprint density at radius 1 is 1.29 bits per heavy atom. The van der Waals surface area contributed by atoms with Gasteiger partial charge in [-0.2, -0.15) is 0 Å². The molecular weight excluding hydrogens is 262 g/mol. The van der Waals surface area contributed by atoms with Crippen LogP contribution in [0.4, 0.5) is 0 Å². The first kappa shape index (κ1) is 14.3. The smallest absolute Gasteiger partial charge is 0.105 e. The van der Waals surface area contributed by atoms with Gasteiger partial charge >= 0.3 is 0 Å². The van der Waals surface area contributed by atoms with Crippen LogP contribution in [0.15, 0.2) is 35.1 Å². The Hall–Kier alpha value is -1.65. The SMILES string of the molecule is Cc1occc1CN(C)Cc1ccc(CNC2CC2)cn1. The van der Waals surface area contributed by atoms with Gasteiger partial charge in [0, 0.05) is 37.4 Å². The summed E-state index contributed by atoms with van der Waals surface area (Å²) >= 11 is 0. The van der Waals surface area contributed by atoms with Gasteiger partial charge in [-0.15, -0.1) is 0 Å². The van der Waals surface area contributed by atoms with Gasteiger partial charge in [0.1, 0.15) is 5.76 Å². The van der Waals surface area contributed by atoms with E-state index in [9.17, 15) is 0 Å². The molecule has 0 bridgehead atoms. The number of aromatic nitrogens is 1. The number of furan rings is 1. The van der Waals surface area contributed by atoms with Crippen molar-refractivity contribution >= 4 is 0 Å². The fourth-order valence-electron chi connectivity index (χ4n) is 2.40. The Morgan fingerprint density at radius 3 is 2.76 bits per heavy atom. The minimum Gasteiger partial charge on any atom is -0.469 e. The van der Waals surface area contributed by atoms with Crippen molar-refractivity contribution in [2.45, 2.75) is 45.4 Å². The molecule has 2 aromatic heterocycles. The third-order valence-corrected chi connectivity index (χ3v) is 3.90. The van der Waals surface area contributed by atoms with Crippen LogP contribution in [-0.4, -0.2) is 23.0 Å². The van der Waals surface area contributed by atoms with Gasteiger partial charge in [-0.25, -0.2) is 0 Å². The minimum atomic E-state index is 0.744. The fourth-order valence-corrected chi connectivity index (χ4v) is 2.40. The van der Waals surface area contributed by atoms with Crippen LogP contribution in [0.1, 0.15) is 35.4 Å². The van der Waals surface area contributed by atoms with E-state index in [-0.39, 0.29) is 0 Å². The van der Waals surface area contributed by atoms with Crippen molar-refractivity contribution in [1.82, 2.24) is 15.2 Å². The highest BCUT2D eigenvalue weighted by Crippen LogP contribution is 2.19. The van der Waals surface area contributed by atoms with Crippen molar-refractivity contribution in [2.75, 3.05) is 7.05 Å². The van der Waals surface area contributed by atoms with Crippen molar-refractivity contribution in [1.29, 1.82) is 0 Å². The Bertz CT molecular complexity index is 572. The minimum absolute atomic E-state index is 0.744. The molecule has 3 rings (SSSR count). The molecule has 0 aliphatic heterocycles. The first-order chi connectivity index (χ1) is 10.2. The first-order valence-corrected chi connectivity index (χ1v) is 7.59. The van der Waals surface area contributed by atoms with Gasteiger partial charge in [0.05, 0.1) is 12.0 Å². The van der Waals surface area contributed by atoms with Crippen molar-refractivity contribution in [3.05, 3.63) is 53.2 Å². The third kappa shape index (κ3) is 4.16. The Morgan fingerprint density at radius 2 is 2.14 bits per heavy atom. The van der Waals surface area contributed by atoms with E-state index >= 15 is 0 Å². The molecule has 0 aromatic carbocycles. The summed E-state index contributed by atoms with van der Waals surface area (Å²) in [5.74, 6) is 0.997. The highest BCUT2D eigenvalue weighted by atomic mass is 16.3. The van der Waals surface area contributed by atoms with Crippen LogP contribution in [0.2, 0.25) is 0 Å². The maximum Gasteiger partial charge on any atom is 0.105 e. The monoisotopic (exact) mass is 285 g/mol. The average molecular weight is 285 g/mol. The van der Waals surface area contributed by atoms with Crippen LogP contribution in [-0.2, 0) is 19.6 Å². The maximum atomic E-state index is 5.33. The molecule has 2 heterocycles. The zero-order chi connectivity index (χ0) is 14.7. The van der Waals surface area contributed by atoms with Crippen molar-refractivity contribution in [2.24, 2.45) is 0 Å². The molecule has 4 heteroatoms. The Balaban J connectivity index is 1.50. The molecule has 21 heavy (non-hydrogen) atoms. The van der Waals surface area contributed by atoms with E-state index in [0.717, 1.165) is 37.1 Å². The molecule has 0 amide bonds. The second-order valence-corrected chi connectivity index (χ2v) is 5.99. The van der Waals surface area contributed by atoms with Crippen LogP contribution in [0.5, 0.6) is 0 Å². The summed E-state index contributed by atoms with van der Waals surface area (Å²) < 4.78 is 5.33. The lowest BCUT2D eigenvalue weighted by Crippen LogP contribution is -2.18. The number of pyridine rings is 1. The third-order valence-electron chi connectivity index (χ3n) is 3.90. The number of nitrogens with zero attached hydrogens (tertiary/aromatic N) is 2. The second kappa shape index (κ2) is 6.41. The summed E-state index contributed by atoms with van der Waals surface area (Å²) in [6, 6.07) is 7.08. The quantitative estimate of drug-likeness (QED) is 0.849. The van der Waals surface area contributed by atoms with E-state index in [1.807, 2.05) is 19.2 Å². The zero-order valence-corrected chi connectivity index (χ0v) is 12.8. The lowest BCUT2D eigenvalue weighted by molar-refractivity contribution is 0.312. The molecule has 1 fully saturated rings. The van der Waals surface area contributed by atoms with Gasteiger partial charge in [0.2, 0.25) is 0 Å². The number of hydrogen-bond donors (Lipinski definition) is 1. The maximum absolute atomic E-state index is 5.33. The topological polar surface area (TPSA) is 41.3 Å². The van der Waals surface area contributed by atoms with Crippen LogP contribution in [0.25, 0.3) is 0 Å². The molecule has 0 atom stereocenters. The van der Waals surface area contributed by atoms with Crippen molar-refractivity contribution in [3.63, 3.8) is 0 Å². The van der Waals surface area contributed by atoms with E-state index in [2.05, 4.69) is 34.4 Å². The molecule has 0 saturated heterocycles. The Kier molecular flexibility index (Phi) is 4.36. The largest absolute Gasteiger partial charge is 0.469 e. The molecule has 2 aromatic rings. The lowest BCUT2D eigenvalue weighted by Gasteiger charge is -2.15. The number of nitrogens with one attached hydrogen (secondary N) is 1. The molecule has 1 N–H and O–H groups in total. The molecule has 4 nitrogen and oxygen atoms in total. The normalized spacial score (nSPS) is 14.8. The Labute approximate surface area is 126 Å². The van der Waals surface area contributed by atoms with E-state index in [1.165, 1.54) is 24.0 Å². The van der Waals surface area contributed by atoms with Gasteiger partial charge in [-0.05, 0) is 44.5 Å². The molecule has 112 valence electrons. The second-order valence-electron chi connectivity index (χ2n) is 5.99. The van der Waals surface area contributed by atoms with Gasteiger partial charge in [-0.1, -0.05) is 6.07 Å². The first-order valence-electron chi connectivity index (χ1n) is 7.59. The molecule has 0 spiro atoms. The number of aryl methyl sites for hydroxylation is 1.